The molecule has 1 heterocycles. The van der Waals surface area contributed by atoms with Gasteiger partial charge in [0.1, 0.15) is 11.6 Å². The quantitative estimate of drug-likeness (QED) is 0.838. The molecule has 0 saturated carbocycles. The number of carbonyl (C=O) groups excluding carboxylic acids is 2. The number of carbonyl (C=O) groups is 2. The summed E-state index contributed by atoms with van der Waals surface area (Å²) in [5, 5.41) is 5.57. The Balaban J connectivity index is 1.77. The molecule has 0 aliphatic carbocycles. The smallest absolute Gasteiger partial charge is 0.228 e. The molecule has 0 spiro atoms. The predicted octanol–water partition coefficient (Wildman–Crippen LogP) is 3.92. The maximum atomic E-state index is 13.4. The number of benzene rings is 2. The number of nitrogens with one attached hydrogen (secondary N) is 2. The van der Waals surface area contributed by atoms with Crippen molar-refractivity contribution in [1.29, 1.82) is 0 Å². The number of ether oxygens (including phenoxy) is 1. The van der Waals surface area contributed by atoms with Gasteiger partial charge in [0.2, 0.25) is 11.8 Å². The van der Waals surface area contributed by atoms with E-state index in [2.05, 4.69) is 10.6 Å². The third kappa shape index (κ3) is 4.45. The average Bonchev–Trinajstić information content (AvgIpc) is 2.60. The Kier molecular flexibility index (Phi) is 5.44. The zero-order valence-electron chi connectivity index (χ0n) is 15.6. The molecule has 0 radical (unpaired) electrons. The summed E-state index contributed by atoms with van der Waals surface area (Å²) in [7, 11) is 0. The van der Waals surface area contributed by atoms with Gasteiger partial charge in [-0.3, -0.25) is 9.59 Å². The van der Waals surface area contributed by atoms with Crippen LogP contribution < -0.4 is 15.4 Å². The summed E-state index contributed by atoms with van der Waals surface area (Å²) < 4.78 is 19.1. The van der Waals surface area contributed by atoms with Gasteiger partial charge in [-0.25, -0.2) is 4.39 Å². The van der Waals surface area contributed by atoms with Gasteiger partial charge in [0.15, 0.2) is 0 Å². The van der Waals surface area contributed by atoms with Gasteiger partial charge in [0, 0.05) is 12.1 Å². The lowest BCUT2D eigenvalue weighted by Gasteiger charge is -2.26. The molecule has 1 aliphatic rings. The third-order valence-corrected chi connectivity index (χ3v) is 4.46. The van der Waals surface area contributed by atoms with E-state index in [0.717, 1.165) is 11.3 Å². The van der Waals surface area contributed by atoms with Gasteiger partial charge >= 0.3 is 0 Å². The van der Waals surface area contributed by atoms with E-state index in [0.29, 0.717) is 11.3 Å². The van der Waals surface area contributed by atoms with Crippen molar-refractivity contribution in [3.8, 4) is 5.75 Å². The van der Waals surface area contributed by atoms with Crippen molar-refractivity contribution in [2.75, 3.05) is 5.32 Å². The van der Waals surface area contributed by atoms with Crippen molar-refractivity contribution in [2.24, 2.45) is 0 Å². The molecule has 0 aromatic heterocycles. The Morgan fingerprint density at radius 3 is 2.74 bits per heavy atom. The van der Waals surface area contributed by atoms with Crippen LogP contribution in [0.1, 0.15) is 50.3 Å². The summed E-state index contributed by atoms with van der Waals surface area (Å²) in [4.78, 5) is 24.7. The standard InChI is InChI=1S/C21H23FN2O3/c1-12(2)27-16-6-4-5-14(9-16)13(3)23-21(26)18-11-20(25)24-19-10-15(22)7-8-17(18)19/h4-10,12-13,18H,11H2,1-3H3,(H,23,26)(H,24,25). The van der Waals surface area contributed by atoms with Gasteiger partial charge in [0.25, 0.3) is 0 Å². The fourth-order valence-corrected chi connectivity index (χ4v) is 3.20. The number of halogens is 1. The lowest BCUT2D eigenvalue weighted by molar-refractivity contribution is -0.126. The molecule has 0 saturated heterocycles. The van der Waals surface area contributed by atoms with E-state index in [1.165, 1.54) is 12.1 Å². The van der Waals surface area contributed by atoms with Crippen LogP contribution in [0.15, 0.2) is 42.5 Å². The van der Waals surface area contributed by atoms with E-state index < -0.39 is 11.7 Å². The van der Waals surface area contributed by atoms with Crippen LogP contribution in [0, 0.1) is 5.82 Å². The van der Waals surface area contributed by atoms with Gasteiger partial charge in [-0.05, 0) is 56.2 Å². The molecule has 5 nitrogen and oxygen atoms in total. The number of hydrogen-bond acceptors (Lipinski definition) is 3. The molecule has 1 aliphatic heterocycles. The first-order valence-electron chi connectivity index (χ1n) is 9.00. The molecule has 27 heavy (non-hydrogen) atoms. The molecule has 2 atom stereocenters. The number of rotatable bonds is 5. The lowest BCUT2D eigenvalue weighted by Crippen LogP contribution is -2.36. The molecule has 2 N–H and O–H groups in total. The van der Waals surface area contributed by atoms with Crippen LogP contribution in [0.3, 0.4) is 0 Å². The molecule has 0 fully saturated rings. The summed E-state index contributed by atoms with van der Waals surface area (Å²) in [6.45, 7) is 5.78. The maximum Gasteiger partial charge on any atom is 0.228 e. The van der Waals surface area contributed by atoms with Crippen LogP contribution in [-0.4, -0.2) is 17.9 Å². The van der Waals surface area contributed by atoms with Crippen molar-refractivity contribution in [2.45, 2.75) is 45.3 Å². The molecule has 3 rings (SSSR count). The monoisotopic (exact) mass is 370 g/mol. The van der Waals surface area contributed by atoms with E-state index in [4.69, 9.17) is 4.74 Å². The third-order valence-electron chi connectivity index (χ3n) is 4.46. The van der Waals surface area contributed by atoms with E-state index in [1.807, 2.05) is 45.0 Å². The Labute approximate surface area is 157 Å². The second-order valence-corrected chi connectivity index (χ2v) is 7.01. The number of amides is 2. The summed E-state index contributed by atoms with van der Waals surface area (Å²) in [6, 6.07) is 11.4. The average molecular weight is 370 g/mol. The summed E-state index contributed by atoms with van der Waals surface area (Å²) in [6.07, 6.45) is 0.0935. The largest absolute Gasteiger partial charge is 0.491 e. The highest BCUT2D eigenvalue weighted by Crippen LogP contribution is 2.33. The molecule has 2 aromatic rings. The molecule has 142 valence electrons. The first-order chi connectivity index (χ1) is 12.8. The maximum absolute atomic E-state index is 13.4. The van der Waals surface area contributed by atoms with Gasteiger partial charge in [-0.2, -0.15) is 0 Å². The Morgan fingerprint density at radius 1 is 1.22 bits per heavy atom. The molecule has 6 heteroatoms. The topological polar surface area (TPSA) is 67.4 Å². The van der Waals surface area contributed by atoms with Gasteiger partial charge in [-0.15, -0.1) is 0 Å². The van der Waals surface area contributed by atoms with E-state index in [-0.39, 0.29) is 30.4 Å². The fraction of sp³-hybridized carbons (Fsp3) is 0.333. The molecule has 2 unspecified atom stereocenters. The van der Waals surface area contributed by atoms with Crippen LogP contribution in [0.2, 0.25) is 0 Å². The molecule has 2 amide bonds. The van der Waals surface area contributed by atoms with Crippen molar-refractivity contribution < 1.29 is 18.7 Å². The van der Waals surface area contributed by atoms with Crippen LogP contribution in [0.25, 0.3) is 0 Å². The van der Waals surface area contributed by atoms with Crippen molar-refractivity contribution in [3.05, 3.63) is 59.4 Å². The second kappa shape index (κ2) is 7.78. The predicted molar refractivity (Wildman–Crippen MR) is 101 cm³/mol. The first kappa shape index (κ1) is 18.9. The number of fused-ring (bicyclic) bond motifs is 1. The lowest BCUT2D eigenvalue weighted by atomic mass is 9.89. The van der Waals surface area contributed by atoms with Crippen molar-refractivity contribution in [3.63, 3.8) is 0 Å². The van der Waals surface area contributed by atoms with Crippen LogP contribution in [0.5, 0.6) is 5.75 Å². The minimum absolute atomic E-state index is 0.0354. The van der Waals surface area contributed by atoms with Crippen LogP contribution >= 0.6 is 0 Å². The SMILES string of the molecule is CC(C)Oc1cccc(C(C)NC(=O)C2CC(=O)Nc3cc(F)ccc32)c1. The number of hydrogen-bond donors (Lipinski definition) is 2. The van der Waals surface area contributed by atoms with E-state index in [1.54, 1.807) is 6.07 Å². The normalized spacial score (nSPS) is 17.1. The highest BCUT2D eigenvalue weighted by Gasteiger charge is 2.31. The van der Waals surface area contributed by atoms with E-state index in [9.17, 15) is 14.0 Å². The van der Waals surface area contributed by atoms with Crippen LogP contribution in [0.4, 0.5) is 10.1 Å². The molecular formula is C21H23FN2O3. The van der Waals surface area contributed by atoms with Gasteiger partial charge in [0.05, 0.1) is 18.1 Å². The highest BCUT2D eigenvalue weighted by atomic mass is 19.1. The molecule has 2 aromatic carbocycles. The van der Waals surface area contributed by atoms with E-state index >= 15 is 0 Å². The van der Waals surface area contributed by atoms with Crippen molar-refractivity contribution >= 4 is 17.5 Å². The Hall–Kier alpha value is -2.89. The Bertz CT molecular complexity index is 866. The molecular weight excluding hydrogens is 347 g/mol. The number of anilines is 1. The highest BCUT2D eigenvalue weighted by molar-refractivity contribution is 6.01. The second-order valence-electron chi connectivity index (χ2n) is 7.01. The minimum Gasteiger partial charge on any atom is -0.491 e. The zero-order valence-corrected chi connectivity index (χ0v) is 15.6. The summed E-state index contributed by atoms with van der Waals surface area (Å²) in [5.41, 5.74) is 1.88. The summed E-state index contributed by atoms with van der Waals surface area (Å²) in [5.74, 6) is -0.924. The van der Waals surface area contributed by atoms with Crippen molar-refractivity contribution in [1.82, 2.24) is 5.32 Å². The minimum atomic E-state index is -0.646. The van der Waals surface area contributed by atoms with Gasteiger partial charge in [-0.1, -0.05) is 18.2 Å². The van der Waals surface area contributed by atoms with Crippen LogP contribution in [-0.2, 0) is 9.59 Å². The Morgan fingerprint density at radius 2 is 2.00 bits per heavy atom. The first-order valence-corrected chi connectivity index (χ1v) is 9.00. The van der Waals surface area contributed by atoms with Gasteiger partial charge < -0.3 is 15.4 Å². The fourth-order valence-electron chi connectivity index (χ4n) is 3.20. The summed E-state index contributed by atoms with van der Waals surface area (Å²) >= 11 is 0. The zero-order chi connectivity index (χ0) is 19.6. The molecule has 0 bridgehead atoms.